The van der Waals surface area contributed by atoms with Gasteiger partial charge < -0.3 is 21.2 Å². The van der Waals surface area contributed by atoms with Crippen molar-refractivity contribution in [1.29, 1.82) is 0 Å². The highest BCUT2D eigenvalue weighted by Gasteiger charge is 2.28. The fourth-order valence-corrected chi connectivity index (χ4v) is 3.17. The average molecular weight is 353 g/mol. The quantitative estimate of drug-likeness (QED) is 0.446. The summed E-state index contributed by atoms with van der Waals surface area (Å²) in [6, 6.07) is 5.80. The van der Waals surface area contributed by atoms with E-state index < -0.39 is 0 Å². The van der Waals surface area contributed by atoms with Crippen LogP contribution < -0.4 is 16.8 Å². The Kier molecular flexibility index (Phi) is 4.79. The van der Waals surface area contributed by atoms with Crippen LogP contribution in [0, 0.1) is 20.8 Å². The van der Waals surface area contributed by atoms with Crippen LogP contribution in [0.2, 0.25) is 0 Å². The Morgan fingerprint density at radius 1 is 1.15 bits per heavy atom. The Morgan fingerprint density at radius 3 is 2.65 bits per heavy atom. The van der Waals surface area contributed by atoms with E-state index in [0.29, 0.717) is 5.76 Å². The van der Waals surface area contributed by atoms with Crippen LogP contribution in [0.25, 0.3) is 0 Å². The summed E-state index contributed by atoms with van der Waals surface area (Å²) in [6.45, 7) is 5.84. The molecule has 1 heterocycles. The Hall–Kier alpha value is -3.09. The highest BCUT2D eigenvalue weighted by molar-refractivity contribution is 6.09. The lowest BCUT2D eigenvalue weighted by molar-refractivity contribution is 0.0994. The van der Waals surface area contributed by atoms with Crippen molar-refractivity contribution >= 4 is 23.3 Å². The fraction of sp³-hybridized carbons (Fsp3) is 0.316. The molecule has 1 aromatic heterocycles. The van der Waals surface area contributed by atoms with Crippen molar-refractivity contribution in [3.63, 3.8) is 0 Å². The number of hydrogen-bond donors (Lipinski definition) is 3. The average Bonchev–Trinajstić information content (AvgIpc) is 2.95. The van der Waals surface area contributed by atoms with Gasteiger partial charge >= 0.3 is 0 Å². The zero-order valence-electron chi connectivity index (χ0n) is 15.2. The smallest absolute Gasteiger partial charge is 0.291 e. The van der Waals surface area contributed by atoms with Crippen LogP contribution >= 0.6 is 0 Å². The molecule has 1 amide bonds. The lowest BCUT2D eigenvalue weighted by atomic mass is 9.93. The number of carbonyl (C=O) groups is 1. The second-order valence-corrected chi connectivity index (χ2v) is 6.48. The minimum absolute atomic E-state index is 0.0985. The molecular weight excluding hydrogens is 330 g/mol. The maximum atomic E-state index is 12.8. The lowest BCUT2D eigenvalue weighted by Gasteiger charge is -2.11. The number of carbonyl (C=O) groups excluding carboxylic acids is 1. The molecule has 0 unspecified atom stereocenters. The molecule has 5 N–H and O–H groups in total. The molecule has 0 radical (unpaired) electrons. The lowest BCUT2D eigenvalue weighted by Crippen LogP contribution is -2.22. The summed E-state index contributed by atoms with van der Waals surface area (Å²) < 4.78 is 5.87. The Bertz CT molecular complexity index is 920. The van der Waals surface area contributed by atoms with Crippen molar-refractivity contribution in [2.75, 3.05) is 5.32 Å². The van der Waals surface area contributed by atoms with E-state index in [4.69, 9.17) is 15.9 Å². The van der Waals surface area contributed by atoms with Gasteiger partial charge in [0.25, 0.3) is 5.91 Å². The first kappa shape index (κ1) is 17.7. The summed E-state index contributed by atoms with van der Waals surface area (Å²) in [7, 11) is 0. The predicted molar refractivity (Wildman–Crippen MR) is 103 cm³/mol. The van der Waals surface area contributed by atoms with Gasteiger partial charge in [0.1, 0.15) is 5.76 Å². The molecule has 136 valence electrons. The normalized spacial score (nSPS) is 14.8. The topological polar surface area (TPSA) is 119 Å². The van der Waals surface area contributed by atoms with Gasteiger partial charge in [0.2, 0.25) is 5.96 Å². The second-order valence-electron chi connectivity index (χ2n) is 6.48. The van der Waals surface area contributed by atoms with E-state index in [1.165, 1.54) is 0 Å². The molecule has 1 aromatic carbocycles. The maximum Gasteiger partial charge on any atom is 0.291 e. The van der Waals surface area contributed by atoms with E-state index in [2.05, 4.69) is 15.5 Å². The van der Waals surface area contributed by atoms with Crippen molar-refractivity contribution in [3.8, 4) is 0 Å². The summed E-state index contributed by atoms with van der Waals surface area (Å²) in [4.78, 5) is 12.8. The molecule has 1 aliphatic rings. The molecule has 26 heavy (non-hydrogen) atoms. The Labute approximate surface area is 152 Å². The standard InChI is InChI=1S/C19H23N5O2/c1-10-6-4-7-13(11(10)2)22-18(25)17-12(3)16-14(23-24-19(20)21)8-5-9-15(16)26-17/h4,6-7H,5,8-9H2,1-3H3,(H,22,25)(H4,20,21,24)/b23-14+. The van der Waals surface area contributed by atoms with Gasteiger partial charge in [0.15, 0.2) is 5.76 Å². The Morgan fingerprint density at radius 2 is 1.92 bits per heavy atom. The van der Waals surface area contributed by atoms with Crippen LogP contribution in [0.15, 0.2) is 32.8 Å². The van der Waals surface area contributed by atoms with E-state index in [0.717, 1.165) is 58.7 Å². The highest BCUT2D eigenvalue weighted by Crippen LogP contribution is 2.31. The van der Waals surface area contributed by atoms with Gasteiger partial charge in [-0.25, -0.2) is 0 Å². The van der Waals surface area contributed by atoms with Gasteiger partial charge in [-0.1, -0.05) is 12.1 Å². The number of guanidine groups is 1. The number of benzene rings is 1. The summed E-state index contributed by atoms with van der Waals surface area (Å²) in [6.07, 6.45) is 2.37. The number of hydrogen-bond acceptors (Lipinski definition) is 4. The minimum Gasteiger partial charge on any atom is -0.455 e. The summed E-state index contributed by atoms with van der Waals surface area (Å²) in [5.74, 6) is 0.685. The Balaban J connectivity index is 1.95. The van der Waals surface area contributed by atoms with Gasteiger partial charge in [-0.2, -0.15) is 5.10 Å². The van der Waals surface area contributed by atoms with Gasteiger partial charge in [-0.05, 0) is 50.8 Å². The van der Waals surface area contributed by atoms with Crippen molar-refractivity contribution < 1.29 is 9.21 Å². The molecule has 7 heteroatoms. The maximum absolute atomic E-state index is 12.8. The zero-order chi connectivity index (χ0) is 18.8. The highest BCUT2D eigenvalue weighted by atomic mass is 16.4. The number of aryl methyl sites for hydroxylation is 2. The number of nitrogens with one attached hydrogen (secondary N) is 1. The second kappa shape index (κ2) is 7.03. The zero-order valence-corrected chi connectivity index (χ0v) is 15.2. The number of fused-ring (bicyclic) bond motifs is 1. The fourth-order valence-electron chi connectivity index (χ4n) is 3.17. The number of rotatable bonds is 3. The monoisotopic (exact) mass is 353 g/mol. The molecule has 2 aromatic rings. The SMILES string of the molecule is Cc1cccc(NC(=O)c2oc3c(c2C)/C(=N/N=C(N)N)CCC3)c1C. The predicted octanol–water partition coefficient (Wildman–Crippen LogP) is 2.77. The van der Waals surface area contributed by atoms with Gasteiger partial charge in [0, 0.05) is 23.2 Å². The van der Waals surface area contributed by atoms with Crippen molar-refractivity contribution in [2.45, 2.75) is 40.0 Å². The van der Waals surface area contributed by atoms with Crippen molar-refractivity contribution in [3.05, 3.63) is 52.0 Å². The molecule has 7 nitrogen and oxygen atoms in total. The van der Waals surface area contributed by atoms with Gasteiger partial charge in [-0.15, -0.1) is 5.10 Å². The van der Waals surface area contributed by atoms with E-state index in [9.17, 15) is 4.79 Å². The third-order valence-electron chi connectivity index (χ3n) is 4.67. The van der Waals surface area contributed by atoms with Crippen LogP contribution in [-0.4, -0.2) is 17.6 Å². The third kappa shape index (κ3) is 3.33. The summed E-state index contributed by atoms with van der Waals surface area (Å²) >= 11 is 0. The molecule has 0 saturated heterocycles. The van der Waals surface area contributed by atoms with Crippen LogP contribution in [0.5, 0.6) is 0 Å². The minimum atomic E-state index is -0.271. The van der Waals surface area contributed by atoms with Crippen LogP contribution in [0.1, 0.15) is 51.4 Å². The van der Waals surface area contributed by atoms with Gasteiger partial charge in [0.05, 0.1) is 5.71 Å². The molecule has 3 rings (SSSR count). The number of amides is 1. The first-order valence-electron chi connectivity index (χ1n) is 8.54. The number of furan rings is 1. The van der Waals surface area contributed by atoms with Crippen LogP contribution in [0.3, 0.4) is 0 Å². The molecule has 1 aliphatic carbocycles. The van der Waals surface area contributed by atoms with E-state index >= 15 is 0 Å². The number of nitrogens with two attached hydrogens (primary N) is 2. The first-order valence-corrected chi connectivity index (χ1v) is 8.54. The molecule has 0 spiro atoms. The number of nitrogens with zero attached hydrogens (tertiary/aromatic N) is 2. The molecular formula is C19H23N5O2. The third-order valence-corrected chi connectivity index (χ3v) is 4.67. The van der Waals surface area contributed by atoms with Gasteiger partial charge in [-0.3, -0.25) is 4.79 Å². The van der Waals surface area contributed by atoms with Crippen molar-refractivity contribution in [2.24, 2.45) is 21.7 Å². The largest absolute Gasteiger partial charge is 0.455 e. The van der Waals surface area contributed by atoms with Crippen LogP contribution in [0.4, 0.5) is 5.69 Å². The molecule has 0 saturated carbocycles. The number of anilines is 1. The van der Waals surface area contributed by atoms with E-state index in [1.54, 1.807) is 0 Å². The summed E-state index contributed by atoms with van der Waals surface area (Å²) in [5.41, 5.74) is 16.0. The van der Waals surface area contributed by atoms with E-state index in [-0.39, 0.29) is 11.9 Å². The van der Waals surface area contributed by atoms with Crippen LogP contribution in [-0.2, 0) is 6.42 Å². The summed E-state index contributed by atoms with van der Waals surface area (Å²) in [5, 5.41) is 10.8. The first-order chi connectivity index (χ1) is 12.4. The molecule has 0 bridgehead atoms. The molecule has 0 aliphatic heterocycles. The molecule has 0 atom stereocenters. The van der Waals surface area contributed by atoms with Crippen molar-refractivity contribution in [1.82, 2.24) is 0 Å². The molecule has 0 fully saturated rings. The van der Waals surface area contributed by atoms with E-state index in [1.807, 2.05) is 39.0 Å².